The summed E-state index contributed by atoms with van der Waals surface area (Å²) in [6.45, 7) is 3.51. The van der Waals surface area contributed by atoms with E-state index in [1.807, 2.05) is 6.92 Å². The summed E-state index contributed by atoms with van der Waals surface area (Å²) < 4.78 is 10.8. The van der Waals surface area contributed by atoms with Gasteiger partial charge in [-0.2, -0.15) is 0 Å². The number of alkyl halides is 2. The molecule has 1 saturated heterocycles. The van der Waals surface area contributed by atoms with Crippen molar-refractivity contribution in [1.29, 1.82) is 0 Å². The maximum Gasteiger partial charge on any atom is 0.258 e. The lowest BCUT2D eigenvalue weighted by molar-refractivity contribution is -0.130. The molecule has 2 rings (SSSR count). The number of ether oxygens (including phenoxy) is 2. The molecular formula is C17H22Cl2N2O4. The maximum absolute atomic E-state index is 12.0. The molecule has 1 aliphatic heterocycles. The molecule has 6 nitrogen and oxygen atoms in total. The van der Waals surface area contributed by atoms with Crippen LogP contribution in [-0.2, 0) is 9.59 Å². The minimum absolute atomic E-state index is 0.0181. The number of nitrogens with one attached hydrogen (secondary N) is 1. The topological polar surface area (TPSA) is 67.9 Å². The minimum Gasteiger partial charge on any atom is -0.494 e. The highest BCUT2D eigenvalue weighted by Crippen LogP contribution is 2.18. The first kappa shape index (κ1) is 19.7. The number of amides is 2. The van der Waals surface area contributed by atoms with Crippen molar-refractivity contribution in [3.8, 4) is 11.5 Å². The zero-order valence-corrected chi connectivity index (χ0v) is 15.6. The van der Waals surface area contributed by atoms with Gasteiger partial charge in [-0.1, -0.05) is 23.2 Å². The van der Waals surface area contributed by atoms with Crippen LogP contribution in [0.1, 0.15) is 19.8 Å². The molecule has 0 aliphatic carbocycles. The lowest BCUT2D eigenvalue weighted by Gasteiger charge is -2.32. The number of piperidine rings is 1. The van der Waals surface area contributed by atoms with Crippen LogP contribution in [0.4, 0.5) is 0 Å². The molecule has 0 bridgehead atoms. The summed E-state index contributed by atoms with van der Waals surface area (Å²) in [5.74, 6) is 0.893. The average molecular weight is 389 g/mol. The lowest BCUT2D eigenvalue weighted by Crippen LogP contribution is -2.48. The molecule has 0 unspecified atom stereocenters. The standard InChI is InChI=1S/C17H22Cl2N2O4/c1-2-24-13-3-5-14(6-4-13)25-11-15(22)20-12-7-9-21(10-8-12)17(23)16(18)19/h3-6,12,16H,2,7-11H2,1H3,(H,20,22). The van der Waals surface area contributed by atoms with Gasteiger partial charge in [0.2, 0.25) is 0 Å². The van der Waals surface area contributed by atoms with Gasteiger partial charge in [0.25, 0.3) is 11.8 Å². The lowest BCUT2D eigenvalue weighted by atomic mass is 10.1. The Hall–Kier alpha value is -1.66. The van der Waals surface area contributed by atoms with Gasteiger partial charge in [0.15, 0.2) is 11.4 Å². The molecule has 1 aliphatic rings. The highest BCUT2D eigenvalue weighted by atomic mass is 35.5. The van der Waals surface area contributed by atoms with E-state index in [-0.39, 0.29) is 24.5 Å². The first-order valence-electron chi connectivity index (χ1n) is 8.21. The van der Waals surface area contributed by atoms with Gasteiger partial charge in [0.1, 0.15) is 11.5 Å². The molecular weight excluding hydrogens is 367 g/mol. The number of halogens is 2. The van der Waals surface area contributed by atoms with Crippen LogP contribution in [0.5, 0.6) is 11.5 Å². The number of benzene rings is 1. The van der Waals surface area contributed by atoms with Crippen LogP contribution in [-0.4, -0.2) is 53.9 Å². The van der Waals surface area contributed by atoms with Crippen molar-refractivity contribution in [1.82, 2.24) is 10.2 Å². The van der Waals surface area contributed by atoms with Crippen LogP contribution < -0.4 is 14.8 Å². The number of likely N-dealkylation sites (tertiary alicyclic amines) is 1. The van der Waals surface area contributed by atoms with Crippen LogP contribution in [0.25, 0.3) is 0 Å². The van der Waals surface area contributed by atoms with E-state index in [4.69, 9.17) is 32.7 Å². The predicted molar refractivity (Wildman–Crippen MR) is 96.3 cm³/mol. The Morgan fingerprint density at radius 3 is 2.24 bits per heavy atom. The first-order chi connectivity index (χ1) is 12.0. The van der Waals surface area contributed by atoms with E-state index < -0.39 is 4.84 Å². The summed E-state index contributed by atoms with van der Waals surface area (Å²) in [6, 6.07) is 7.13. The SMILES string of the molecule is CCOc1ccc(OCC(=O)NC2CCN(C(=O)C(Cl)Cl)CC2)cc1. The molecule has 2 amide bonds. The molecule has 1 aromatic carbocycles. The van der Waals surface area contributed by atoms with Gasteiger partial charge in [-0.3, -0.25) is 9.59 Å². The number of carbonyl (C=O) groups is 2. The van der Waals surface area contributed by atoms with Gasteiger partial charge < -0.3 is 19.7 Å². The predicted octanol–water partition coefficient (Wildman–Crippen LogP) is 2.38. The van der Waals surface area contributed by atoms with Crippen molar-refractivity contribution < 1.29 is 19.1 Å². The van der Waals surface area contributed by atoms with Crippen LogP contribution in [0.3, 0.4) is 0 Å². The van der Waals surface area contributed by atoms with Crippen molar-refractivity contribution in [3.05, 3.63) is 24.3 Å². The molecule has 0 radical (unpaired) electrons. The average Bonchev–Trinajstić information content (AvgIpc) is 2.61. The third kappa shape index (κ3) is 6.29. The van der Waals surface area contributed by atoms with Crippen molar-refractivity contribution in [2.45, 2.75) is 30.6 Å². The summed E-state index contributed by atoms with van der Waals surface area (Å²) in [5, 5.41) is 2.92. The van der Waals surface area contributed by atoms with Gasteiger partial charge in [-0.25, -0.2) is 0 Å². The monoisotopic (exact) mass is 388 g/mol. The minimum atomic E-state index is -1.03. The maximum atomic E-state index is 12.0. The van der Waals surface area contributed by atoms with Crippen molar-refractivity contribution >= 4 is 35.0 Å². The quantitative estimate of drug-likeness (QED) is 0.728. The van der Waals surface area contributed by atoms with E-state index in [2.05, 4.69) is 5.32 Å². The summed E-state index contributed by atoms with van der Waals surface area (Å²) in [6.07, 6.45) is 1.34. The summed E-state index contributed by atoms with van der Waals surface area (Å²) in [4.78, 5) is 24.3. The molecule has 138 valence electrons. The number of nitrogens with zero attached hydrogens (tertiary/aromatic N) is 1. The van der Waals surface area contributed by atoms with Crippen LogP contribution >= 0.6 is 23.2 Å². The van der Waals surface area contributed by atoms with Crippen LogP contribution in [0.2, 0.25) is 0 Å². The zero-order valence-electron chi connectivity index (χ0n) is 14.0. The summed E-state index contributed by atoms with van der Waals surface area (Å²) in [7, 11) is 0. The Morgan fingerprint density at radius 2 is 1.72 bits per heavy atom. The molecule has 1 aromatic rings. The zero-order chi connectivity index (χ0) is 18.2. The van der Waals surface area contributed by atoms with Crippen molar-refractivity contribution in [3.63, 3.8) is 0 Å². The third-order valence-electron chi connectivity index (χ3n) is 3.86. The van der Waals surface area contributed by atoms with Crippen molar-refractivity contribution in [2.75, 3.05) is 26.3 Å². The van der Waals surface area contributed by atoms with E-state index >= 15 is 0 Å². The molecule has 1 heterocycles. The highest BCUT2D eigenvalue weighted by molar-refractivity contribution is 6.53. The second kappa shape index (κ2) is 9.73. The van der Waals surface area contributed by atoms with Crippen LogP contribution in [0, 0.1) is 0 Å². The molecule has 0 spiro atoms. The van der Waals surface area contributed by atoms with E-state index in [9.17, 15) is 9.59 Å². The van der Waals surface area contributed by atoms with Gasteiger partial charge >= 0.3 is 0 Å². The highest BCUT2D eigenvalue weighted by Gasteiger charge is 2.26. The first-order valence-corrected chi connectivity index (χ1v) is 9.09. The molecule has 0 aromatic heterocycles. The number of hydrogen-bond donors (Lipinski definition) is 1. The third-order valence-corrected chi connectivity index (χ3v) is 4.24. The molecule has 0 atom stereocenters. The fourth-order valence-corrected chi connectivity index (χ4v) is 2.88. The second-order valence-corrected chi connectivity index (χ2v) is 6.76. The van der Waals surface area contributed by atoms with E-state index in [0.29, 0.717) is 38.3 Å². The number of rotatable bonds is 7. The normalized spacial score (nSPS) is 15.1. The van der Waals surface area contributed by atoms with Gasteiger partial charge in [0, 0.05) is 19.1 Å². The molecule has 1 fully saturated rings. The van der Waals surface area contributed by atoms with Crippen molar-refractivity contribution in [2.24, 2.45) is 0 Å². The molecule has 25 heavy (non-hydrogen) atoms. The van der Waals surface area contributed by atoms with Gasteiger partial charge in [0.05, 0.1) is 6.61 Å². The number of carbonyl (C=O) groups excluding carboxylic acids is 2. The number of hydrogen-bond acceptors (Lipinski definition) is 4. The summed E-state index contributed by atoms with van der Waals surface area (Å²) >= 11 is 11.2. The van der Waals surface area contributed by atoms with E-state index in [1.54, 1.807) is 29.2 Å². The Morgan fingerprint density at radius 1 is 1.16 bits per heavy atom. The molecule has 8 heteroatoms. The van der Waals surface area contributed by atoms with Crippen LogP contribution in [0.15, 0.2) is 24.3 Å². The fourth-order valence-electron chi connectivity index (χ4n) is 2.60. The second-order valence-electron chi connectivity index (χ2n) is 5.66. The largest absolute Gasteiger partial charge is 0.494 e. The Bertz CT molecular complexity index is 573. The summed E-state index contributed by atoms with van der Waals surface area (Å²) in [5.41, 5.74) is 0. The van der Waals surface area contributed by atoms with Gasteiger partial charge in [-0.05, 0) is 44.0 Å². The molecule has 0 saturated carbocycles. The Labute approximate surface area is 157 Å². The fraction of sp³-hybridized carbons (Fsp3) is 0.529. The Balaban J connectivity index is 1.70. The Kier molecular flexibility index (Phi) is 7.65. The molecule has 1 N–H and O–H groups in total. The van der Waals surface area contributed by atoms with E-state index in [1.165, 1.54) is 0 Å². The smallest absolute Gasteiger partial charge is 0.258 e. The van der Waals surface area contributed by atoms with Gasteiger partial charge in [-0.15, -0.1) is 0 Å². The van der Waals surface area contributed by atoms with E-state index in [0.717, 1.165) is 5.75 Å².